The molecule has 0 unspecified atom stereocenters. The highest BCUT2D eigenvalue weighted by molar-refractivity contribution is 7.10. The molecule has 33 heavy (non-hydrogen) atoms. The summed E-state index contributed by atoms with van der Waals surface area (Å²) in [5.74, 6) is 1.36. The first-order valence-electron chi connectivity index (χ1n) is 11.9. The molecule has 1 aliphatic rings. The van der Waals surface area contributed by atoms with Crippen LogP contribution in [0.1, 0.15) is 42.8 Å². The van der Waals surface area contributed by atoms with E-state index in [2.05, 4.69) is 25.3 Å². The summed E-state index contributed by atoms with van der Waals surface area (Å²) in [6, 6.07) is 9.99. The third-order valence-corrected chi connectivity index (χ3v) is 6.94. The van der Waals surface area contributed by atoms with Gasteiger partial charge >= 0.3 is 0 Å². The number of hydrogen-bond donors (Lipinski definition) is 1. The number of carbonyl (C=O) groups excluding carboxylic acids is 1. The Morgan fingerprint density at radius 3 is 2.79 bits per heavy atom. The number of nitrogens with zero attached hydrogens (tertiary/aromatic N) is 2. The van der Waals surface area contributed by atoms with Crippen molar-refractivity contribution >= 4 is 17.2 Å². The van der Waals surface area contributed by atoms with Gasteiger partial charge in [-0.2, -0.15) is 0 Å². The van der Waals surface area contributed by atoms with Gasteiger partial charge in [-0.3, -0.25) is 9.69 Å². The standard InChI is InChI=1S/C26H38N2O4S/c1-5-27(14-21(29)17-31-16-19(2)3)15-26(30)28-12-10-25-22(11-13-33-25)23(28)18-32-24-9-7-6-8-20(24)4/h6-9,11,13,19,21,23,29H,5,10,12,14-18H2,1-4H3/t21-,23-/m0/s1. The number of benzene rings is 1. The Balaban J connectivity index is 1.63. The fourth-order valence-corrected chi connectivity index (χ4v) is 5.07. The zero-order valence-corrected chi connectivity index (χ0v) is 21.1. The molecule has 0 radical (unpaired) electrons. The monoisotopic (exact) mass is 474 g/mol. The SMILES string of the molecule is CCN(CC(=O)N1CCc2sccc2[C@@H]1COc1ccccc1C)C[C@H](O)COCC(C)C. The van der Waals surface area contributed by atoms with Crippen LogP contribution >= 0.6 is 11.3 Å². The number of hydrogen-bond acceptors (Lipinski definition) is 6. The van der Waals surface area contributed by atoms with Crippen LogP contribution in [0.5, 0.6) is 5.75 Å². The first-order chi connectivity index (χ1) is 15.9. The highest BCUT2D eigenvalue weighted by Gasteiger charge is 2.33. The van der Waals surface area contributed by atoms with Gasteiger partial charge in [-0.25, -0.2) is 0 Å². The van der Waals surface area contributed by atoms with Crippen molar-refractivity contribution < 1.29 is 19.4 Å². The van der Waals surface area contributed by atoms with Crippen molar-refractivity contribution in [2.45, 2.75) is 46.3 Å². The zero-order valence-electron chi connectivity index (χ0n) is 20.3. The van der Waals surface area contributed by atoms with Crippen molar-refractivity contribution in [3.8, 4) is 5.75 Å². The van der Waals surface area contributed by atoms with E-state index in [4.69, 9.17) is 9.47 Å². The molecular formula is C26H38N2O4S. The van der Waals surface area contributed by atoms with Crippen molar-refractivity contribution in [1.82, 2.24) is 9.80 Å². The van der Waals surface area contributed by atoms with E-state index in [1.807, 2.05) is 47.9 Å². The van der Waals surface area contributed by atoms with Crippen LogP contribution < -0.4 is 4.74 Å². The number of para-hydroxylation sites is 1. The number of aliphatic hydroxyl groups excluding tert-OH is 1. The molecule has 0 saturated carbocycles. The molecule has 2 heterocycles. The van der Waals surface area contributed by atoms with E-state index >= 15 is 0 Å². The maximum atomic E-state index is 13.4. The van der Waals surface area contributed by atoms with Crippen LogP contribution in [0.15, 0.2) is 35.7 Å². The number of carbonyl (C=O) groups is 1. The fraction of sp³-hybridized carbons (Fsp3) is 0.577. The normalized spacial score (nSPS) is 16.8. The molecule has 0 saturated heterocycles. The van der Waals surface area contributed by atoms with Crippen LogP contribution in [-0.2, 0) is 16.0 Å². The molecule has 2 aromatic rings. The number of likely N-dealkylation sites (N-methyl/N-ethyl adjacent to an activating group) is 1. The quantitative estimate of drug-likeness (QED) is 0.505. The van der Waals surface area contributed by atoms with E-state index in [1.165, 1.54) is 10.4 Å². The average molecular weight is 475 g/mol. The molecule has 1 aliphatic heterocycles. The zero-order chi connectivity index (χ0) is 23.8. The molecule has 1 amide bonds. The largest absolute Gasteiger partial charge is 0.491 e. The molecule has 3 rings (SSSR count). The molecule has 0 bridgehead atoms. The predicted molar refractivity (Wildman–Crippen MR) is 133 cm³/mol. The molecule has 1 aromatic carbocycles. The molecule has 0 spiro atoms. The van der Waals surface area contributed by atoms with Gasteiger partial charge in [0.1, 0.15) is 12.4 Å². The summed E-state index contributed by atoms with van der Waals surface area (Å²) >= 11 is 1.75. The van der Waals surface area contributed by atoms with Crippen molar-refractivity contribution in [3.63, 3.8) is 0 Å². The fourth-order valence-electron chi connectivity index (χ4n) is 4.14. The molecule has 1 aromatic heterocycles. The topological polar surface area (TPSA) is 62.2 Å². The summed E-state index contributed by atoms with van der Waals surface area (Å²) in [6.45, 7) is 11.6. The first kappa shape index (κ1) is 25.7. The first-order valence-corrected chi connectivity index (χ1v) is 12.8. The van der Waals surface area contributed by atoms with Crippen molar-refractivity contribution in [1.29, 1.82) is 0 Å². The Labute approximate surface area is 202 Å². The number of aliphatic hydroxyl groups is 1. The van der Waals surface area contributed by atoms with Gasteiger partial charge in [-0.1, -0.05) is 39.0 Å². The Bertz CT molecular complexity index is 885. The second-order valence-corrected chi connectivity index (χ2v) is 10.1. The van der Waals surface area contributed by atoms with Gasteiger partial charge in [0.05, 0.1) is 25.3 Å². The number of amides is 1. The van der Waals surface area contributed by atoms with Gasteiger partial charge < -0.3 is 19.5 Å². The number of thiophene rings is 1. The van der Waals surface area contributed by atoms with Crippen molar-refractivity contribution in [2.75, 3.05) is 46.0 Å². The lowest BCUT2D eigenvalue weighted by Gasteiger charge is -2.37. The Morgan fingerprint density at radius 1 is 1.27 bits per heavy atom. The third-order valence-electron chi connectivity index (χ3n) is 5.94. The number of fused-ring (bicyclic) bond motifs is 1. The summed E-state index contributed by atoms with van der Waals surface area (Å²) < 4.78 is 11.7. The molecule has 2 atom stereocenters. The van der Waals surface area contributed by atoms with E-state index in [-0.39, 0.29) is 25.1 Å². The molecule has 0 aliphatic carbocycles. The minimum atomic E-state index is -0.610. The maximum Gasteiger partial charge on any atom is 0.237 e. The lowest BCUT2D eigenvalue weighted by Crippen LogP contribution is -2.48. The van der Waals surface area contributed by atoms with Crippen LogP contribution in [0.4, 0.5) is 0 Å². The van der Waals surface area contributed by atoms with Gasteiger partial charge in [0.2, 0.25) is 5.91 Å². The summed E-state index contributed by atoms with van der Waals surface area (Å²) in [5.41, 5.74) is 2.28. The van der Waals surface area contributed by atoms with E-state index in [0.29, 0.717) is 38.8 Å². The predicted octanol–water partition coefficient (Wildman–Crippen LogP) is 3.92. The highest BCUT2D eigenvalue weighted by atomic mass is 32.1. The molecule has 1 N–H and O–H groups in total. The molecule has 182 valence electrons. The Hall–Kier alpha value is -1.93. The van der Waals surface area contributed by atoms with Gasteiger partial charge in [0.15, 0.2) is 0 Å². The number of ether oxygens (including phenoxy) is 2. The molecule has 7 heteroatoms. The van der Waals surface area contributed by atoms with Gasteiger partial charge in [0, 0.05) is 24.6 Å². The number of aryl methyl sites for hydroxylation is 1. The van der Waals surface area contributed by atoms with Crippen LogP contribution in [0.2, 0.25) is 0 Å². The van der Waals surface area contributed by atoms with Gasteiger partial charge in [0.25, 0.3) is 0 Å². The van der Waals surface area contributed by atoms with Crippen LogP contribution in [0, 0.1) is 12.8 Å². The third kappa shape index (κ3) is 7.27. The molecular weight excluding hydrogens is 436 g/mol. The van der Waals surface area contributed by atoms with E-state index < -0.39 is 6.10 Å². The van der Waals surface area contributed by atoms with Crippen molar-refractivity contribution in [3.05, 3.63) is 51.7 Å². The molecule has 0 fully saturated rings. The van der Waals surface area contributed by atoms with Crippen LogP contribution in [-0.4, -0.2) is 72.9 Å². The van der Waals surface area contributed by atoms with Gasteiger partial charge in [-0.05, 0) is 54.4 Å². The lowest BCUT2D eigenvalue weighted by atomic mass is 10.0. The minimum absolute atomic E-state index is 0.0717. The van der Waals surface area contributed by atoms with E-state index in [9.17, 15) is 9.90 Å². The summed E-state index contributed by atoms with van der Waals surface area (Å²) in [6.07, 6.45) is 0.263. The second-order valence-electron chi connectivity index (χ2n) is 9.14. The van der Waals surface area contributed by atoms with E-state index in [1.54, 1.807) is 11.3 Å². The van der Waals surface area contributed by atoms with Crippen molar-refractivity contribution in [2.24, 2.45) is 5.92 Å². The van der Waals surface area contributed by atoms with E-state index in [0.717, 1.165) is 17.7 Å². The number of rotatable bonds is 12. The van der Waals surface area contributed by atoms with Crippen LogP contribution in [0.3, 0.4) is 0 Å². The van der Waals surface area contributed by atoms with Crippen LogP contribution in [0.25, 0.3) is 0 Å². The second kappa shape index (κ2) is 12.5. The minimum Gasteiger partial charge on any atom is -0.491 e. The highest BCUT2D eigenvalue weighted by Crippen LogP contribution is 2.34. The Morgan fingerprint density at radius 2 is 2.06 bits per heavy atom. The molecule has 6 nitrogen and oxygen atoms in total. The summed E-state index contributed by atoms with van der Waals surface area (Å²) in [7, 11) is 0. The van der Waals surface area contributed by atoms with Gasteiger partial charge in [-0.15, -0.1) is 11.3 Å². The smallest absolute Gasteiger partial charge is 0.237 e. The lowest BCUT2D eigenvalue weighted by molar-refractivity contribution is -0.136. The average Bonchev–Trinajstić information content (AvgIpc) is 3.26. The maximum absolute atomic E-state index is 13.4. The summed E-state index contributed by atoms with van der Waals surface area (Å²) in [5, 5.41) is 12.5. The summed E-state index contributed by atoms with van der Waals surface area (Å²) in [4.78, 5) is 18.7. The Kier molecular flexibility index (Phi) is 9.74.